The number of unbranched alkanes of at least 4 members (excludes halogenated alkanes) is 3. The van der Waals surface area contributed by atoms with Crippen molar-refractivity contribution in [3.05, 3.63) is 11.3 Å². The predicted octanol–water partition coefficient (Wildman–Crippen LogP) is 4.78. The molecule has 0 spiro atoms. The second-order valence-electron chi connectivity index (χ2n) is 5.17. The molecule has 0 saturated carbocycles. The van der Waals surface area contributed by atoms with Gasteiger partial charge in [0.05, 0.1) is 8.07 Å². The van der Waals surface area contributed by atoms with Gasteiger partial charge in [-0.05, 0) is 19.8 Å². The Morgan fingerprint density at radius 3 is 2.15 bits per heavy atom. The lowest BCUT2D eigenvalue weighted by Gasteiger charge is -2.11. The summed E-state index contributed by atoms with van der Waals surface area (Å²) in [4.78, 5) is 0. The maximum atomic E-state index is 2.54. The van der Waals surface area contributed by atoms with Gasteiger partial charge in [-0.2, -0.15) is 0 Å². The highest BCUT2D eigenvalue weighted by Gasteiger charge is 2.08. The first-order valence-electron chi connectivity index (χ1n) is 5.64. The molecule has 78 valence electrons. The number of rotatable bonds is 6. The maximum absolute atomic E-state index is 2.54. The van der Waals surface area contributed by atoms with Gasteiger partial charge in [0, 0.05) is 0 Å². The van der Waals surface area contributed by atoms with Gasteiger partial charge in [-0.25, -0.2) is 0 Å². The molecule has 13 heavy (non-hydrogen) atoms. The van der Waals surface area contributed by atoms with Gasteiger partial charge in [-0.1, -0.05) is 57.1 Å². The van der Waals surface area contributed by atoms with E-state index >= 15 is 0 Å². The molecule has 0 unspecified atom stereocenters. The summed E-state index contributed by atoms with van der Waals surface area (Å²) in [5.74, 6) is 0. The van der Waals surface area contributed by atoms with Gasteiger partial charge in [0.25, 0.3) is 0 Å². The lowest BCUT2D eigenvalue weighted by atomic mass is 10.1. The van der Waals surface area contributed by atoms with Crippen molar-refractivity contribution < 1.29 is 0 Å². The van der Waals surface area contributed by atoms with Crippen molar-refractivity contribution in [3.8, 4) is 0 Å². The molecule has 0 saturated heterocycles. The zero-order valence-electron chi connectivity index (χ0n) is 10.1. The molecule has 0 aromatic carbocycles. The first-order valence-corrected chi connectivity index (χ1v) is 9.22. The summed E-state index contributed by atoms with van der Waals surface area (Å²) in [7, 11) is -0.951. The Kier molecular flexibility index (Phi) is 6.40. The fraction of sp³-hybridized carbons (Fsp3) is 0.833. The Morgan fingerprint density at radius 1 is 1.08 bits per heavy atom. The molecule has 0 nitrogen and oxygen atoms in total. The minimum atomic E-state index is -0.951. The van der Waals surface area contributed by atoms with Crippen LogP contribution >= 0.6 is 0 Å². The van der Waals surface area contributed by atoms with Crippen molar-refractivity contribution >= 4 is 8.07 Å². The van der Waals surface area contributed by atoms with E-state index in [9.17, 15) is 0 Å². The summed E-state index contributed by atoms with van der Waals surface area (Å²) in [5, 5.41) is 0. The van der Waals surface area contributed by atoms with Gasteiger partial charge in [0.2, 0.25) is 0 Å². The second kappa shape index (κ2) is 6.42. The van der Waals surface area contributed by atoms with Crippen molar-refractivity contribution in [3.63, 3.8) is 0 Å². The highest BCUT2D eigenvalue weighted by atomic mass is 28.3. The van der Waals surface area contributed by atoms with Gasteiger partial charge < -0.3 is 0 Å². The van der Waals surface area contributed by atoms with Gasteiger partial charge >= 0.3 is 0 Å². The third-order valence-corrected chi connectivity index (χ3v) is 3.46. The van der Waals surface area contributed by atoms with Crippen LogP contribution < -0.4 is 0 Å². The second-order valence-corrected chi connectivity index (χ2v) is 10.2. The van der Waals surface area contributed by atoms with E-state index in [4.69, 9.17) is 0 Å². The van der Waals surface area contributed by atoms with E-state index in [1.54, 1.807) is 5.57 Å². The SMILES string of the molecule is CCCCCC/C(C)=C\[Si](C)(C)C. The van der Waals surface area contributed by atoms with Crippen molar-refractivity contribution in [2.24, 2.45) is 0 Å². The molecule has 0 heterocycles. The van der Waals surface area contributed by atoms with Crippen molar-refractivity contribution in [1.82, 2.24) is 0 Å². The molecule has 0 aliphatic carbocycles. The van der Waals surface area contributed by atoms with Crippen LogP contribution in [-0.2, 0) is 0 Å². The molecular formula is C12H26Si. The standard InChI is InChI=1S/C12H26Si/c1-6-7-8-9-10-12(2)11-13(3,4)5/h11H,6-10H2,1-5H3/b12-11-. The molecule has 0 aromatic heterocycles. The van der Waals surface area contributed by atoms with E-state index in [2.05, 4.69) is 39.2 Å². The van der Waals surface area contributed by atoms with Crippen molar-refractivity contribution in [1.29, 1.82) is 0 Å². The summed E-state index contributed by atoms with van der Waals surface area (Å²) in [6.07, 6.45) is 6.87. The van der Waals surface area contributed by atoms with Gasteiger partial charge in [-0.15, -0.1) is 0 Å². The molecule has 0 fully saturated rings. The summed E-state index contributed by atoms with van der Waals surface area (Å²) in [5.41, 5.74) is 4.16. The minimum Gasteiger partial charge on any atom is -0.0961 e. The molecule has 0 aromatic rings. The van der Waals surface area contributed by atoms with E-state index in [0.717, 1.165) is 0 Å². The average Bonchev–Trinajstić information content (AvgIpc) is 1.94. The molecule has 0 bridgehead atoms. The lowest BCUT2D eigenvalue weighted by molar-refractivity contribution is 0.664. The normalized spacial score (nSPS) is 13.5. The van der Waals surface area contributed by atoms with Crippen LogP contribution in [-0.4, -0.2) is 8.07 Å². The van der Waals surface area contributed by atoms with Gasteiger partial charge in [-0.3, -0.25) is 0 Å². The van der Waals surface area contributed by atoms with Crippen LogP contribution in [0.25, 0.3) is 0 Å². The Balaban J connectivity index is 3.62. The number of hydrogen-bond acceptors (Lipinski definition) is 0. The van der Waals surface area contributed by atoms with Crippen LogP contribution in [0.15, 0.2) is 11.3 Å². The molecule has 0 N–H and O–H groups in total. The molecule has 0 aliphatic rings. The van der Waals surface area contributed by atoms with Crippen molar-refractivity contribution in [2.75, 3.05) is 0 Å². The van der Waals surface area contributed by atoms with E-state index in [1.807, 2.05) is 0 Å². The fourth-order valence-corrected chi connectivity index (χ4v) is 3.26. The largest absolute Gasteiger partial charge is 0.0961 e. The molecule has 0 radical (unpaired) electrons. The van der Waals surface area contributed by atoms with Crippen LogP contribution in [0.4, 0.5) is 0 Å². The summed E-state index contributed by atoms with van der Waals surface area (Å²) in [6, 6.07) is 0. The van der Waals surface area contributed by atoms with E-state index < -0.39 is 8.07 Å². The number of hydrogen-bond donors (Lipinski definition) is 0. The molecule has 0 aliphatic heterocycles. The average molecular weight is 198 g/mol. The van der Waals surface area contributed by atoms with Crippen LogP contribution in [0, 0.1) is 0 Å². The molecular weight excluding hydrogens is 172 g/mol. The van der Waals surface area contributed by atoms with Gasteiger partial charge in [0.15, 0.2) is 0 Å². The fourth-order valence-electron chi connectivity index (χ4n) is 1.64. The molecule has 0 rings (SSSR count). The monoisotopic (exact) mass is 198 g/mol. The van der Waals surface area contributed by atoms with Gasteiger partial charge in [0.1, 0.15) is 0 Å². The Labute approximate surface area is 85.4 Å². The van der Waals surface area contributed by atoms with E-state index in [0.29, 0.717) is 0 Å². The van der Waals surface area contributed by atoms with E-state index in [1.165, 1.54) is 32.1 Å². The quantitative estimate of drug-likeness (QED) is 0.425. The topological polar surface area (TPSA) is 0 Å². The zero-order valence-corrected chi connectivity index (χ0v) is 11.1. The number of allylic oxidation sites excluding steroid dienone is 1. The smallest absolute Gasteiger partial charge is 0.0686 e. The Bertz CT molecular complexity index is 151. The maximum Gasteiger partial charge on any atom is 0.0686 e. The molecule has 0 atom stereocenters. The van der Waals surface area contributed by atoms with Crippen molar-refractivity contribution in [2.45, 2.75) is 65.6 Å². The highest BCUT2D eigenvalue weighted by Crippen LogP contribution is 2.13. The predicted molar refractivity (Wildman–Crippen MR) is 65.9 cm³/mol. The Hall–Kier alpha value is -0.0431. The first kappa shape index (κ1) is 13.0. The Morgan fingerprint density at radius 2 is 1.69 bits per heavy atom. The third-order valence-electron chi connectivity index (χ3n) is 2.10. The van der Waals surface area contributed by atoms with Crippen LogP contribution in [0.3, 0.4) is 0 Å². The van der Waals surface area contributed by atoms with Crippen LogP contribution in [0.2, 0.25) is 19.6 Å². The highest BCUT2D eigenvalue weighted by molar-refractivity contribution is 6.81. The zero-order chi connectivity index (χ0) is 10.3. The summed E-state index contributed by atoms with van der Waals surface area (Å²) in [6.45, 7) is 11.8. The third kappa shape index (κ3) is 9.87. The summed E-state index contributed by atoms with van der Waals surface area (Å²) < 4.78 is 0. The molecule has 1 heteroatoms. The van der Waals surface area contributed by atoms with Crippen LogP contribution in [0.1, 0.15) is 46.0 Å². The minimum absolute atomic E-state index is 0.951. The lowest BCUT2D eigenvalue weighted by Crippen LogP contribution is -2.16. The summed E-state index contributed by atoms with van der Waals surface area (Å²) >= 11 is 0. The molecule has 0 amide bonds. The first-order chi connectivity index (χ1) is 5.95. The van der Waals surface area contributed by atoms with E-state index in [-0.39, 0.29) is 0 Å². The van der Waals surface area contributed by atoms with Crippen LogP contribution in [0.5, 0.6) is 0 Å².